The molecule has 0 aliphatic rings. The number of hydrogen-bond donors (Lipinski definition) is 1. The van der Waals surface area contributed by atoms with Gasteiger partial charge in [0.15, 0.2) is 0 Å². The Morgan fingerprint density at radius 2 is 2.11 bits per heavy atom. The lowest BCUT2D eigenvalue weighted by Crippen LogP contribution is -2.40. The molecule has 1 aromatic heterocycles. The van der Waals surface area contributed by atoms with E-state index in [1.54, 1.807) is 7.11 Å². The molecule has 18 heavy (non-hydrogen) atoms. The van der Waals surface area contributed by atoms with Crippen molar-refractivity contribution < 1.29 is 4.74 Å². The van der Waals surface area contributed by atoms with E-state index >= 15 is 0 Å². The highest BCUT2D eigenvalue weighted by atomic mass is 32.1. The fourth-order valence-corrected chi connectivity index (χ4v) is 3.23. The zero-order valence-electron chi connectivity index (χ0n) is 11.3. The molecular formula is C15H21NOS. The Morgan fingerprint density at radius 1 is 1.33 bits per heavy atom. The number of thiophene rings is 1. The molecule has 3 heteroatoms. The number of likely N-dealkylation sites (N-methyl/N-ethyl adjacent to an activating group) is 1. The molecule has 0 aliphatic heterocycles. The van der Waals surface area contributed by atoms with Gasteiger partial charge in [-0.05, 0) is 42.3 Å². The zero-order chi connectivity index (χ0) is 13.0. The maximum atomic E-state index is 5.47. The van der Waals surface area contributed by atoms with Gasteiger partial charge in [0.25, 0.3) is 0 Å². The Balaban J connectivity index is 2.20. The van der Waals surface area contributed by atoms with Gasteiger partial charge < -0.3 is 10.1 Å². The number of rotatable bonds is 6. The van der Waals surface area contributed by atoms with E-state index in [4.69, 9.17) is 4.74 Å². The summed E-state index contributed by atoms with van der Waals surface area (Å²) in [4.78, 5) is 0. The van der Waals surface area contributed by atoms with Gasteiger partial charge in [0.2, 0.25) is 0 Å². The highest BCUT2D eigenvalue weighted by molar-refractivity contribution is 7.17. The van der Waals surface area contributed by atoms with Gasteiger partial charge in [0.1, 0.15) is 0 Å². The van der Waals surface area contributed by atoms with Crippen molar-refractivity contribution >= 4 is 21.4 Å². The average Bonchev–Trinajstić information content (AvgIpc) is 2.81. The summed E-state index contributed by atoms with van der Waals surface area (Å²) < 4.78 is 6.83. The average molecular weight is 263 g/mol. The Bertz CT molecular complexity index is 494. The number of ether oxygens (including phenoxy) is 1. The van der Waals surface area contributed by atoms with Crippen LogP contribution in [0.5, 0.6) is 0 Å². The molecule has 0 aliphatic carbocycles. The highest BCUT2D eigenvalue weighted by Gasteiger charge is 2.17. The van der Waals surface area contributed by atoms with Crippen molar-refractivity contribution in [3.8, 4) is 0 Å². The minimum atomic E-state index is 0.226. The van der Waals surface area contributed by atoms with Crippen LogP contribution in [0.4, 0.5) is 0 Å². The smallest absolute Gasteiger partial charge is 0.0699 e. The summed E-state index contributed by atoms with van der Waals surface area (Å²) in [6.07, 6.45) is 1.25. The van der Waals surface area contributed by atoms with E-state index in [9.17, 15) is 0 Å². The van der Waals surface area contributed by atoms with Crippen LogP contribution in [0.25, 0.3) is 10.1 Å². The number of benzene rings is 1. The first-order valence-corrected chi connectivity index (χ1v) is 7.35. The van der Waals surface area contributed by atoms with Gasteiger partial charge >= 0.3 is 0 Å². The molecule has 0 radical (unpaired) electrons. The van der Waals surface area contributed by atoms with Crippen molar-refractivity contribution in [2.24, 2.45) is 0 Å². The third kappa shape index (κ3) is 2.91. The second-order valence-electron chi connectivity index (χ2n) is 4.57. The van der Waals surface area contributed by atoms with Gasteiger partial charge in [-0.1, -0.05) is 25.1 Å². The lowest BCUT2D eigenvalue weighted by Gasteiger charge is -2.23. The normalized spacial score (nSPS) is 14.8. The van der Waals surface area contributed by atoms with Crippen molar-refractivity contribution in [2.45, 2.75) is 32.4 Å². The topological polar surface area (TPSA) is 21.3 Å². The van der Waals surface area contributed by atoms with Gasteiger partial charge in [-0.25, -0.2) is 0 Å². The molecule has 0 saturated carbocycles. The van der Waals surface area contributed by atoms with Crippen molar-refractivity contribution in [2.75, 3.05) is 13.7 Å². The SMILES string of the molecule is CCNC(Cc1csc2ccccc12)C(C)OC. The summed E-state index contributed by atoms with van der Waals surface area (Å²) in [5, 5.41) is 7.17. The maximum Gasteiger partial charge on any atom is 0.0699 e. The van der Waals surface area contributed by atoms with Crippen molar-refractivity contribution in [1.82, 2.24) is 5.32 Å². The fourth-order valence-electron chi connectivity index (χ4n) is 2.26. The second-order valence-corrected chi connectivity index (χ2v) is 5.48. The van der Waals surface area contributed by atoms with Crippen LogP contribution >= 0.6 is 11.3 Å². The van der Waals surface area contributed by atoms with E-state index in [1.807, 2.05) is 11.3 Å². The molecule has 98 valence electrons. The number of fused-ring (bicyclic) bond motifs is 1. The number of hydrogen-bond acceptors (Lipinski definition) is 3. The summed E-state index contributed by atoms with van der Waals surface area (Å²) in [6.45, 7) is 5.24. The van der Waals surface area contributed by atoms with E-state index in [-0.39, 0.29) is 6.10 Å². The summed E-state index contributed by atoms with van der Waals surface area (Å²) in [7, 11) is 1.78. The summed E-state index contributed by atoms with van der Waals surface area (Å²) in [6, 6.07) is 8.98. The molecule has 2 aromatic rings. The predicted octanol–water partition coefficient (Wildman–Crippen LogP) is 3.46. The molecule has 0 saturated heterocycles. The first kappa shape index (κ1) is 13.5. The van der Waals surface area contributed by atoms with Gasteiger partial charge in [-0.3, -0.25) is 0 Å². The van der Waals surface area contributed by atoms with Crippen molar-refractivity contribution in [1.29, 1.82) is 0 Å². The van der Waals surface area contributed by atoms with Crippen molar-refractivity contribution in [3.05, 3.63) is 35.2 Å². The summed E-state index contributed by atoms with van der Waals surface area (Å²) in [5.41, 5.74) is 1.42. The van der Waals surface area contributed by atoms with Crippen LogP contribution in [0.3, 0.4) is 0 Å². The molecule has 0 spiro atoms. The molecule has 2 nitrogen and oxygen atoms in total. The van der Waals surface area contributed by atoms with Gasteiger partial charge in [-0.2, -0.15) is 0 Å². The number of methoxy groups -OCH3 is 1. The van der Waals surface area contributed by atoms with Gasteiger partial charge in [0.05, 0.1) is 6.10 Å². The molecule has 1 heterocycles. The zero-order valence-corrected chi connectivity index (χ0v) is 12.1. The van der Waals surface area contributed by atoms with E-state index in [2.05, 4.69) is 48.8 Å². The third-order valence-corrected chi connectivity index (χ3v) is 4.42. The third-order valence-electron chi connectivity index (χ3n) is 3.41. The van der Waals surface area contributed by atoms with Crippen LogP contribution in [0, 0.1) is 0 Å². The Morgan fingerprint density at radius 3 is 2.83 bits per heavy atom. The first-order chi connectivity index (χ1) is 8.76. The summed E-state index contributed by atoms with van der Waals surface area (Å²) in [5.74, 6) is 0. The lowest BCUT2D eigenvalue weighted by atomic mass is 10.0. The minimum absolute atomic E-state index is 0.226. The Hall–Kier alpha value is -0.900. The largest absolute Gasteiger partial charge is 0.380 e. The molecule has 1 aromatic carbocycles. The highest BCUT2D eigenvalue weighted by Crippen LogP contribution is 2.27. The van der Waals surface area contributed by atoms with Crippen LogP contribution in [-0.2, 0) is 11.2 Å². The quantitative estimate of drug-likeness (QED) is 0.862. The van der Waals surface area contributed by atoms with Crippen LogP contribution in [0.15, 0.2) is 29.6 Å². The molecule has 0 bridgehead atoms. The summed E-state index contributed by atoms with van der Waals surface area (Å²) >= 11 is 1.82. The van der Waals surface area contributed by atoms with E-state index in [1.165, 1.54) is 15.6 Å². The molecule has 0 fully saturated rings. The van der Waals surface area contributed by atoms with E-state index in [0.717, 1.165) is 13.0 Å². The van der Waals surface area contributed by atoms with Crippen molar-refractivity contribution in [3.63, 3.8) is 0 Å². The minimum Gasteiger partial charge on any atom is -0.380 e. The van der Waals surface area contributed by atoms with Gasteiger partial charge in [0, 0.05) is 17.9 Å². The molecule has 1 N–H and O–H groups in total. The monoisotopic (exact) mass is 263 g/mol. The fraction of sp³-hybridized carbons (Fsp3) is 0.467. The number of nitrogens with one attached hydrogen (secondary N) is 1. The molecular weight excluding hydrogens is 242 g/mol. The van der Waals surface area contributed by atoms with E-state index < -0.39 is 0 Å². The first-order valence-electron chi connectivity index (χ1n) is 6.47. The van der Waals surface area contributed by atoms with Crippen LogP contribution in [0.1, 0.15) is 19.4 Å². The standard InChI is InChI=1S/C15H21NOS/c1-4-16-14(11(2)17-3)9-12-10-18-15-8-6-5-7-13(12)15/h5-8,10-11,14,16H,4,9H2,1-3H3. The molecule has 2 atom stereocenters. The molecule has 2 unspecified atom stereocenters. The maximum absolute atomic E-state index is 5.47. The lowest BCUT2D eigenvalue weighted by molar-refractivity contribution is 0.0837. The molecule has 0 amide bonds. The molecule has 2 rings (SSSR count). The van der Waals surface area contributed by atoms with Gasteiger partial charge in [-0.15, -0.1) is 11.3 Å². The Kier molecular flexibility index (Phi) is 4.75. The Labute approximate surface area is 113 Å². The van der Waals surface area contributed by atoms with E-state index in [0.29, 0.717) is 6.04 Å². The second kappa shape index (κ2) is 6.32. The predicted molar refractivity (Wildman–Crippen MR) is 79.5 cm³/mol. The van der Waals surface area contributed by atoms with Crippen LogP contribution in [0.2, 0.25) is 0 Å². The van der Waals surface area contributed by atoms with Crippen LogP contribution in [-0.4, -0.2) is 25.8 Å². The van der Waals surface area contributed by atoms with Crippen LogP contribution < -0.4 is 5.32 Å².